The van der Waals surface area contributed by atoms with Crippen molar-refractivity contribution in [1.29, 1.82) is 0 Å². The third-order valence-electron chi connectivity index (χ3n) is 5.47. The lowest BCUT2D eigenvalue weighted by molar-refractivity contribution is -0.122. The third kappa shape index (κ3) is 5.49. The van der Waals surface area contributed by atoms with E-state index in [1.54, 1.807) is 19.2 Å². The largest absolute Gasteiger partial charge is 0.497 e. The maximum Gasteiger partial charge on any atom is 0.220 e. The quantitative estimate of drug-likeness (QED) is 0.661. The van der Waals surface area contributed by atoms with Crippen LogP contribution in [-0.2, 0) is 22.6 Å². The molecule has 2 N–H and O–H groups in total. The van der Waals surface area contributed by atoms with Crippen LogP contribution in [0.2, 0.25) is 0 Å². The zero-order valence-corrected chi connectivity index (χ0v) is 17.3. The lowest BCUT2D eigenvalue weighted by Crippen LogP contribution is -2.44. The fourth-order valence-electron chi connectivity index (χ4n) is 3.77. The Morgan fingerprint density at radius 2 is 1.87 bits per heavy atom. The van der Waals surface area contributed by atoms with Gasteiger partial charge in [-0.3, -0.25) is 9.59 Å². The van der Waals surface area contributed by atoms with E-state index in [0.717, 1.165) is 16.9 Å². The smallest absolute Gasteiger partial charge is 0.220 e. The average molecular weight is 414 g/mol. The monoisotopic (exact) mass is 414 g/mol. The van der Waals surface area contributed by atoms with Gasteiger partial charge in [0.2, 0.25) is 11.8 Å². The standard InChI is InChI=1S/C23H27FN2O4/c1-29-18-6-3-16(4-7-18)15-25-21(27)9-11-23(12-10-22(28)26-23)14-17-5-8-19(24)20(13-17)30-2/h3-8,13H,9-12,14-15H2,1-2H3,(H,25,27)(H,26,28)/t23-/m0/s1. The molecular weight excluding hydrogens is 387 g/mol. The zero-order valence-electron chi connectivity index (χ0n) is 17.3. The van der Waals surface area contributed by atoms with Crippen LogP contribution in [0, 0.1) is 5.82 Å². The predicted octanol–water partition coefficient (Wildman–Crippen LogP) is 3.13. The summed E-state index contributed by atoms with van der Waals surface area (Å²) in [6.45, 7) is 0.428. The Morgan fingerprint density at radius 1 is 1.13 bits per heavy atom. The van der Waals surface area contributed by atoms with Crippen LogP contribution in [0.15, 0.2) is 42.5 Å². The molecule has 30 heavy (non-hydrogen) atoms. The van der Waals surface area contributed by atoms with Crippen molar-refractivity contribution in [1.82, 2.24) is 10.6 Å². The zero-order chi connectivity index (χ0) is 21.6. The third-order valence-corrected chi connectivity index (χ3v) is 5.47. The number of methoxy groups -OCH3 is 2. The maximum atomic E-state index is 13.7. The van der Waals surface area contributed by atoms with Crippen molar-refractivity contribution in [3.63, 3.8) is 0 Å². The average Bonchev–Trinajstić information content (AvgIpc) is 3.13. The van der Waals surface area contributed by atoms with Crippen LogP contribution in [0.25, 0.3) is 0 Å². The van der Waals surface area contributed by atoms with E-state index >= 15 is 0 Å². The summed E-state index contributed by atoms with van der Waals surface area (Å²) in [5, 5.41) is 5.96. The Morgan fingerprint density at radius 3 is 2.50 bits per heavy atom. The van der Waals surface area contributed by atoms with Crippen molar-refractivity contribution in [2.24, 2.45) is 0 Å². The van der Waals surface area contributed by atoms with Gasteiger partial charge >= 0.3 is 0 Å². The van der Waals surface area contributed by atoms with Crippen molar-refractivity contribution in [2.45, 2.75) is 44.2 Å². The number of nitrogens with one attached hydrogen (secondary N) is 2. The van der Waals surface area contributed by atoms with Gasteiger partial charge in [-0.25, -0.2) is 4.39 Å². The Kier molecular flexibility index (Phi) is 6.92. The first kappa shape index (κ1) is 21.6. The molecule has 7 heteroatoms. The minimum atomic E-state index is -0.516. The van der Waals surface area contributed by atoms with Crippen LogP contribution in [0.4, 0.5) is 4.39 Å². The van der Waals surface area contributed by atoms with E-state index < -0.39 is 11.4 Å². The molecule has 160 valence electrons. The molecule has 1 aliphatic rings. The summed E-state index contributed by atoms with van der Waals surface area (Å²) in [4.78, 5) is 24.3. The minimum Gasteiger partial charge on any atom is -0.497 e. The molecule has 0 bridgehead atoms. The molecule has 2 aromatic rings. The van der Waals surface area contributed by atoms with E-state index in [0.29, 0.717) is 32.2 Å². The summed E-state index contributed by atoms with van der Waals surface area (Å²) < 4.78 is 23.9. The van der Waals surface area contributed by atoms with Gasteiger partial charge in [-0.15, -0.1) is 0 Å². The number of amides is 2. The van der Waals surface area contributed by atoms with Gasteiger partial charge in [0.05, 0.1) is 14.2 Å². The highest BCUT2D eigenvalue weighted by Gasteiger charge is 2.38. The van der Waals surface area contributed by atoms with Crippen LogP contribution >= 0.6 is 0 Å². The van der Waals surface area contributed by atoms with E-state index in [-0.39, 0.29) is 24.0 Å². The van der Waals surface area contributed by atoms with Crippen molar-refractivity contribution in [2.75, 3.05) is 14.2 Å². The molecule has 1 fully saturated rings. The number of carbonyl (C=O) groups excluding carboxylic acids is 2. The number of benzene rings is 2. The van der Waals surface area contributed by atoms with Gasteiger partial charge in [0.15, 0.2) is 11.6 Å². The number of hydrogen-bond donors (Lipinski definition) is 2. The highest BCUT2D eigenvalue weighted by atomic mass is 19.1. The summed E-state index contributed by atoms with van der Waals surface area (Å²) in [5.41, 5.74) is 1.32. The first-order chi connectivity index (χ1) is 14.4. The molecule has 6 nitrogen and oxygen atoms in total. The van der Waals surface area contributed by atoms with Gasteiger partial charge in [-0.1, -0.05) is 18.2 Å². The molecular formula is C23H27FN2O4. The number of carbonyl (C=O) groups is 2. The number of rotatable bonds is 9. The molecule has 0 aromatic heterocycles. The highest BCUT2D eigenvalue weighted by molar-refractivity contribution is 5.80. The summed E-state index contributed by atoms with van der Waals surface area (Å²) in [6.07, 6.45) is 2.37. The molecule has 0 radical (unpaired) electrons. The molecule has 0 aliphatic carbocycles. The minimum absolute atomic E-state index is 0.0253. The van der Waals surface area contributed by atoms with Crippen LogP contribution < -0.4 is 20.1 Å². The van der Waals surface area contributed by atoms with Crippen molar-refractivity contribution in [3.8, 4) is 11.5 Å². The predicted molar refractivity (Wildman–Crippen MR) is 111 cm³/mol. The number of halogens is 1. The molecule has 0 saturated carbocycles. The summed E-state index contributed by atoms with van der Waals surface area (Å²) in [7, 11) is 3.03. The van der Waals surface area contributed by atoms with Gasteiger partial charge in [-0.05, 0) is 54.7 Å². The second-order valence-electron chi connectivity index (χ2n) is 7.60. The summed E-state index contributed by atoms with van der Waals surface area (Å²) >= 11 is 0. The number of hydrogen-bond acceptors (Lipinski definition) is 4. The van der Waals surface area contributed by atoms with E-state index in [9.17, 15) is 14.0 Å². The maximum absolute atomic E-state index is 13.7. The van der Waals surface area contributed by atoms with Gasteiger partial charge in [0, 0.05) is 24.9 Å². The van der Waals surface area contributed by atoms with Gasteiger partial charge in [0.25, 0.3) is 0 Å². The molecule has 0 unspecified atom stereocenters. The fraction of sp³-hybridized carbons (Fsp3) is 0.391. The Bertz CT molecular complexity index is 901. The molecule has 3 rings (SSSR count). The second-order valence-corrected chi connectivity index (χ2v) is 7.60. The lowest BCUT2D eigenvalue weighted by atomic mass is 9.85. The van der Waals surface area contributed by atoms with E-state index in [1.807, 2.05) is 24.3 Å². The Hall–Kier alpha value is -3.09. The number of ether oxygens (including phenoxy) is 2. The summed E-state index contributed by atoms with van der Waals surface area (Å²) in [5.74, 6) is 0.403. The Labute approximate surface area is 175 Å². The normalized spacial score (nSPS) is 18.0. The van der Waals surface area contributed by atoms with Crippen LogP contribution in [0.1, 0.15) is 36.8 Å². The second kappa shape index (κ2) is 9.61. The molecule has 1 heterocycles. The van der Waals surface area contributed by atoms with E-state index in [1.165, 1.54) is 13.2 Å². The fourth-order valence-corrected chi connectivity index (χ4v) is 3.77. The summed E-state index contributed by atoms with van der Waals surface area (Å²) in [6, 6.07) is 12.2. The van der Waals surface area contributed by atoms with E-state index in [4.69, 9.17) is 9.47 Å². The van der Waals surface area contributed by atoms with Gasteiger partial charge < -0.3 is 20.1 Å². The Balaban J connectivity index is 1.59. The van der Waals surface area contributed by atoms with Crippen molar-refractivity contribution >= 4 is 11.8 Å². The highest BCUT2D eigenvalue weighted by Crippen LogP contribution is 2.31. The van der Waals surface area contributed by atoms with Crippen LogP contribution in [-0.4, -0.2) is 31.6 Å². The topological polar surface area (TPSA) is 76.7 Å². The molecule has 1 aliphatic heterocycles. The molecule has 2 aromatic carbocycles. The van der Waals surface area contributed by atoms with Crippen LogP contribution in [0.5, 0.6) is 11.5 Å². The van der Waals surface area contributed by atoms with Crippen molar-refractivity contribution in [3.05, 3.63) is 59.4 Å². The van der Waals surface area contributed by atoms with Crippen LogP contribution in [0.3, 0.4) is 0 Å². The molecule has 1 atom stereocenters. The van der Waals surface area contributed by atoms with Gasteiger partial charge in [-0.2, -0.15) is 0 Å². The molecule has 2 amide bonds. The van der Waals surface area contributed by atoms with Gasteiger partial charge in [0.1, 0.15) is 5.75 Å². The molecule has 1 saturated heterocycles. The van der Waals surface area contributed by atoms with E-state index in [2.05, 4.69) is 10.6 Å². The SMILES string of the molecule is COc1ccc(CNC(=O)CC[C@@]2(Cc3ccc(F)c(OC)c3)CCC(=O)N2)cc1. The lowest BCUT2D eigenvalue weighted by Gasteiger charge is -2.29. The first-order valence-corrected chi connectivity index (χ1v) is 9.96. The van der Waals surface area contributed by atoms with Crippen molar-refractivity contribution < 1.29 is 23.5 Å². The first-order valence-electron chi connectivity index (χ1n) is 9.96. The molecule has 0 spiro atoms.